The summed E-state index contributed by atoms with van der Waals surface area (Å²) in [6.45, 7) is 5.12. The Hall–Kier alpha value is -3.06. The van der Waals surface area contributed by atoms with Gasteiger partial charge < -0.3 is 5.32 Å². The number of benzene rings is 2. The van der Waals surface area contributed by atoms with E-state index in [2.05, 4.69) is 46.5 Å². The van der Waals surface area contributed by atoms with Crippen molar-refractivity contribution >= 4 is 17.5 Å². The average molecular weight is 437 g/mol. The molecule has 0 bridgehead atoms. The van der Waals surface area contributed by atoms with Gasteiger partial charge in [-0.05, 0) is 43.0 Å². The van der Waals surface area contributed by atoms with Gasteiger partial charge in [-0.2, -0.15) is 5.10 Å². The molecule has 7 heteroatoms. The van der Waals surface area contributed by atoms with Crippen molar-refractivity contribution in [2.45, 2.75) is 51.7 Å². The van der Waals surface area contributed by atoms with Crippen molar-refractivity contribution in [3.8, 4) is 0 Å². The minimum absolute atomic E-state index is 0.113. The Labute approximate surface area is 188 Å². The third kappa shape index (κ3) is 5.79. The molecule has 0 spiro atoms. The summed E-state index contributed by atoms with van der Waals surface area (Å²) in [5.74, 6) is -0.652. The first-order chi connectivity index (χ1) is 15.5. The molecule has 0 radical (unpaired) electrons. The SMILES string of the molecule is Cc1cccc(CN2CCC(NC(=O)C3=NN(Cc4ccc(F)cc4)C(=O)CC3)CC2)c1. The number of carbonyl (C=O) groups excluding carboxylic acids is 2. The summed E-state index contributed by atoms with van der Waals surface area (Å²) < 4.78 is 13.1. The summed E-state index contributed by atoms with van der Waals surface area (Å²) in [5, 5.41) is 8.73. The second-order valence-electron chi connectivity index (χ2n) is 8.64. The number of nitrogens with zero attached hydrogens (tertiary/aromatic N) is 3. The predicted molar refractivity (Wildman–Crippen MR) is 121 cm³/mol. The van der Waals surface area contributed by atoms with Gasteiger partial charge in [0.25, 0.3) is 5.91 Å². The number of rotatable bonds is 6. The fourth-order valence-electron chi connectivity index (χ4n) is 4.22. The second-order valence-corrected chi connectivity index (χ2v) is 8.64. The Bertz CT molecular complexity index is 997. The molecule has 2 heterocycles. The maximum absolute atomic E-state index is 13.1. The number of nitrogens with one attached hydrogen (secondary N) is 1. The highest BCUT2D eigenvalue weighted by molar-refractivity contribution is 6.39. The van der Waals surface area contributed by atoms with Gasteiger partial charge >= 0.3 is 0 Å². The zero-order chi connectivity index (χ0) is 22.5. The van der Waals surface area contributed by atoms with Crippen LogP contribution in [0.4, 0.5) is 4.39 Å². The highest BCUT2D eigenvalue weighted by Crippen LogP contribution is 2.17. The van der Waals surface area contributed by atoms with Crippen LogP contribution >= 0.6 is 0 Å². The highest BCUT2D eigenvalue weighted by atomic mass is 19.1. The third-order valence-corrected chi connectivity index (χ3v) is 6.02. The molecular weight excluding hydrogens is 407 g/mol. The first kappa shape index (κ1) is 22.1. The van der Waals surface area contributed by atoms with Crippen molar-refractivity contribution in [1.29, 1.82) is 0 Å². The number of carbonyl (C=O) groups is 2. The summed E-state index contributed by atoms with van der Waals surface area (Å²) in [4.78, 5) is 27.4. The van der Waals surface area contributed by atoms with Gasteiger partial charge in [0, 0.05) is 38.5 Å². The number of amides is 2. The van der Waals surface area contributed by atoms with Crippen LogP contribution in [0.2, 0.25) is 0 Å². The van der Waals surface area contributed by atoms with Gasteiger partial charge in [0.1, 0.15) is 11.5 Å². The van der Waals surface area contributed by atoms with Crippen molar-refractivity contribution in [2.75, 3.05) is 13.1 Å². The van der Waals surface area contributed by atoms with Crippen LogP contribution in [0.25, 0.3) is 0 Å². The topological polar surface area (TPSA) is 65.0 Å². The molecule has 0 aromatic heterocycles. The van der Waals surface area contributed by atoms with Gasteiger partial charge in [0.15, 0.2) is 0 Å². The van der Waals surface area contributed by atoms with Crippen LogP contribution in [0.15, 0.2) is 53.6 Å². The zero-order valence-corrected chi connectivity index (χ0v) is 18.4. The van der Waals surface area contributed by atoms with E-state index in [0.29, 0.717) is 12.1 Å². The summed E-state index contributed by atoms with van der Waals surface area (Å²) in [5.41, 5.74) is 3.74. The maximum atomic E-state index is 13.1. The third-order valence-electron chi connectivity index (χ3n) is 6.02. The van der Waals surface area contributed by atoms with Gasteiger partial charge in [0.2, 0.25) is 5.91 Å². The van der Waals surface area contributed by atoms with E-state index in [1.165, 1.54) is 28.3 Å². The van der Waals surface area contributed by atoms with E-state index < -0.39 is 0 Å². The molecular formula is C25H29FN4O2. The van der Waals surface area contributed by atoms with Crippen molar-refractivity contribution in [2.24, 2.45) is 5.10 Å². The van der Waals surface area contributed by atoms with E-state index >= 15 is 0 Å². The summed E-state index contributed by atoms with van der Waals surface area (Å²) in [6.07, 6.45) is 2.38. The van der Waals surface area contributed by atoms with Crippen molar-refractivity contribution in [1.82, 2.24) is 15.2 Å². The lowest BCUT2D eigenvalue weighted by Crippen LogP contribution is -2.47. The number of piperidine rings is 1. The molecule has 4 rings (SSSR count). The molecule has 1 N–H and O–H groups in total. The number of halogens is 1. The fraction of sp³-hybridized carbons (Fsp3) is 0.400. The second kappa shape index (κ2) is 10.0. The van der Waals surface area contributed by atoms with Crippen LogP contribution in [-0.2, 0) is 22.7 Å². The van der Waals surface area contributed by atoms with Gasteiger partial charge in [-0.3, -0.25) is 14.5 Å². The van der Waals surface area contributed by atoms with Crippen LogP contribution in [0, 0.1) is 12.7 Å². The normalized spacial score (nSPS) is 17.9. The largest absolute Gasteiger partial charge is 0.348 e. The number of aryl methyl sites for hydroxylation is 1. The van der Waals surface area contributed by atoms with Gasteiger partial charge in [-0.25, -0.2) is 9.40 Å². The Balaban J connectivity index is 1.29. The van der Waals surface area contributed by atoms with E-state index in [-0.39, 0.29) is 36.6 Å². The van der Waals surface area contributed by atoms with Gasteiger partial charge in [0.05, 0.1) is 6.54 Å². The first-order valence-corrected chi connectivity index (χ1v) is 11.2. The smallest absolute Gasteiger partial charge is 0.267 e. The van der Waals surface area contributed by atoms with Crippen molar-refractivity contribution in [3.05, 3.63) is 71.0 Å². The van der Waals surface area contributed by atoms with E-state index in [4.69, 9.17) is 0 Å². The summed E-state index contributed by atoms with van der Waals surface area (Å²) in [6, 6.07) is 14.6. The first-order valence-electron chi connectivity index (χ1n) is 11.2. The Morgan fingerprint density at radius 2 is 1.81 bits per heavy atom. The molecule has 2 aromatic rings. The number of hydrazone groups is 1. The monoisotopic (exact) mass is 436 g/mol. The number of hydrogen-bond acceptors (Lipinski definition) is 4. The van der Waals surface area contributed by atoms with Crippen molar-refractivity contribution < 1.29 is 14.0 Å². The van der Waals surface area contributed by atoms with Gasteiger partial charge in [-0.1, -0.05) is 42.0 Å². The minimum atomic E-state index is -0.327. The molecule has 2 aliphatic rings. The minimum Gasteiger partial charge on any atom is -0.348 e. The lowest BCUT2D eigenvalue weighted by Gasteiger charge is -2.32. The molecule has 168 valence electrons. The van der Waals surface area contributed by atoms with Gasteiger partial charge in [-0.15, -0.1) is 0 Å². The molecule has 2 aliphatic heterocycles. The van der Waals surface area contributed by atoms with E-state index in [1.54, 1.807) is 12.1 Å². The molecule has 1 saturated heterocycles. The quantitative estimate of drug-likeness (QED) is 0.755. The summed E-state index contributed by atoms with van der Waals surface area (Å²) >= 11 is 0. The van der Waals surface area contributed by atoms with E-state index in [9.17, 15) is 14.0 Å². The van der Waals surface area contributed by atoms with Crippen LogP contribution in [0.3, 0.4) is 0 Å². The van der Waals surface area contributed by atoms with Crippen LogP contribution in [-0.4, -0.2) is 46.6 Å². The number of likely N-dealkylation sites (tertiary alicyclic amines) is 1. The molecule has 6 nitrogen and oxygen atoms in total. The Morgan fingerprint density at radius 3 is 2.53 bits per heavy atom. The van der Waals surface area contributed by atoms with Crippen molar-refractivity contribution in [3.63, 3.8) is 0 Å². The molecule has 32 heavy (non-hydrogen) atoms. The average Bonchev–Trinajstić information content (AvgIpc) is 2.78. The molecule has 1 fully saturated rings. The maximum Gasteiger partial charge on any atom is 0.267 e. The fourth-order valence-corrected chi connectivity index (χ4v) is 4.22. The van der Waals surface area contributed by atoms with Crippen LogP contribution in [0.1, 0.15) is 42.4 Å². The molecule has 0 unspecified atom stereocenters. The number of hydrogen-bond donors (Lipinski definition) is 1. The standard InChI is InChI=1S/C25H29FN4O2/c1-18-3-2-4-20(15-18)16-29-13-11-22(12-14-29)27-25(32)23-9-10-24(31)30(28-23)17-19-5-7-21(26)8-6-19/h2-8,15,22H,9-14,16-17H2,1H3,(H,27,32). The Kier molecular flexibility index (Phi) is 6.95. The molecule has 2 aromatic carbocycles. The molecule has 0 aliphatic carbocycles. The molecule has 0 atom stereocenters. The highest BCUT2D eigenvalue weighted by Gasteiger charge is 2.27. The molecule has 0 saturated carbocycles. The van der Waals surface area contributed by atoms with Crippen LogP contribution in [0.5, 0.6) is 0 Å². The molecule has 2 amide bonds. The lowest BCUT2D eigenvalue weighted by atomic mass is 10.0. The van der Waals surface area contributed by atoms with E-state index in [1.807, 2.05) is 0 Å². The Morgan fingerprint density at radius 1 is 1.06 bits per heavy atom. The predicted octanol–water partition coefficient (Wildman–Crippen LogP) is 3.39. The summed E-state index contributed by atoms with van der Waals surface area (Å²) in [7, 11) is 0. The lowest BCUT2D eigenvalue weighted by molar-refractivity contribution is -0.132. The zero-order valence-electron chi connectivity index (χ0n) is 18.4. The van der Waals surface area contributed by atoms with Crippen LogP contribution < -0.4 is 5.32 Å². The van der Waals surface area contributed by atoms with E-state index in [0.717, 1.165) is 38.0 Å².